The van der Waals surface area contributed by atoms with Gasteiger partial charge in [-0.3, -0.25) is 9.59 Å². The predicted octanol–water partition coefficient (Wildman–Crippen LogP) is 6.64. The second kappa shape index (κ2) is 13.6. The molecule has 35 heavy (non-hydrogen) atoms. The fraction of sp³-hybridized carbons (Fsp3) is 0.286. The highest BCUT2D eigenvalue weighted by Crippen LogP contribution is 2.24. The summed E-state index contributed by atoms with van der Waals surface area (Å²) in [5.74, 6) is -0.112. The third kappa shape index (κ3) is 8.31. The van der Waals surface area contributed by atoms with Gasteiger partial charge >= 0.3 is 0 Å². The highest BCUT2D eigenvalue weighted by atomic mass is 35.5. The van der Waals surface area contributed by atoms with Crippen molar-refractivity contribution in [2.24, 2.45) is 0 Å². The molecule has 0 aromatic heterocycles. The second-order valence-corrected chi connectivity index (χ2v) is 10.3. The average molecular weight is 530 g/mol. The van der Waals surface area contributed by atoms with Crippen LogP contribution in [-0.4, -0.2) is 34.6 Å². The molecule has 0 saturated carbocycles. The zero-order chi connectivity index (χ0) is 25.2. The maximum absolute atomic E-state index is 13.6. The fourth-order valence-corrected chi connectivity index (χ4v) is 4.67. The van der Waals surface area contributed by atoms with E-state index in [-0.39, 0.29) is 30.2 Å². The van der Waals surface area contributed by atoms with Crippen LogP contribution in [0.4, 0.5) is 0 Å². The van der Waals surface area contributed by atoms with Gasteiger partial charge in [-0.2, -0.15) is 0 Å². The lowest BCUT2D eigenvalue weighted by Gasteiger charge is -2.32. The number of nitrogens with one attached hydrogen (secondary N) is 1. The molecule has 3 rings (SSSR count). The largest absolute Gasteiger partial charge is 0.352 e. The van der Waals surface area contributed by atoms with E-state index in [1.54, 1.807) is 23.1 Å². The van der Waals surface area contributed by atoms with Gasteiger partial charge in [-0.25, -0.2) is 0 Å². The zero-order valence-electron chi connectivity index (χ0n) is 19.9. The lowest BCUT2D eigenvalue weighted by atomic mass is 10.0. The van der Waals surface area contributed by atoms with Gasteiger partial charge in [-0.05, 0) is 54.8 Å². The summed E-state index contributed by atoms with van der Waals surface area (Å²) >= 11 is 13.9. The van der Waals surface area contributed by atoms with Crippen LogP contribution in [0, 0.1) is 0 Å². The minimum Gasteiger partial charge on any atom is -0.352 e. The van der Waals surface area contributed by atoms with Gasteiger partial charge in [0.2, 0.25) is 11.8 Å². The number of benzene rings is 3. The highest BCUT2D eigenvalue weighted by molar-refractivity contribution is 8.00. The molecule has 3 aromatic carbocycles. The molecule has 7 heteroatoms. The molecular weight excluding hydrogens is 499 g/mol. The first-order chi connectivity index (χ1) is 16.9. The maximum atomic E-state index is 13.6. The van der Waals surface area contributed by atoms with Crippen LogP contribution < -0.4 is 5.32 Å². The quantitative estimate of drug-likeness (QED) is 0.283. The lowest BCUT2D eigenvalue weighted by Crippen LogP contribution is -2.52. The Morgan fingerprint density at radius 1 is 0.943 bits per heavy atom. The Bertz CT molecular complexity index is 1110. The number of rotatable bonds is 11. The average Bonchev–Trinajstić information content (AvgIpc) is 2.87. The van der Waals surface area contributed by atoms with Crippen molar-refractivity contribution in [3.8, 4) is 0 Å². The summed E-state index contributed by atoms with van der Waals surface area (Å²) in [6.07, 6.45) is 1.21. The summed E-state index contributed by atoms with van der Waals surface area (Å²) in [5, 5.41) is 4.29. The number of hydrogen-bond donors (Lipinski definition) is 1. The SMILES string of the molecule is CCC(C)NC(=O)C(Cc1ccccc1)N(Cc1ccccc1Cl)C(=O)CSc1ccc(Cl)cc1. The number of amides is 2. The van der Waals surface area contributed by atoms with E-state index >= 15 is 0 Å². The van der Waals surface area contributed by atoms with Gasteiger partial charge in [-0.1, -0.05) is 78.7 Å². The molecule has 0 aliphatic rings. The molecule has 4 nitrogen and oxygen atoms in total. The minimum absolute atomic E-state index is 0.00137. The second-order valence-electron chi connectivity index (χ2n) is 8.38. The maximum Gasteiger partial charge on any atom is 0.243 e. The molecule has 0 fully saturated rings. The first kappa shape index (κ1) is 27.1. The summed E-state index contributed by atoms with van der Waals surface area (Å²) in [6.45, 7) is 4.23. The molecule has 2 atom stereocenters. The minimum atomic E-state index is -0.680. The van der Waals surface area contributed by atoms with Gasteiger partial charge in [0.25, 0.3) is 0 Å². The van der Waals surface area contributed by atoms with Crippen LogP contribution in [0.1, 0.15) is 31.4 Å². The van der Waals surface area contributed by atoms with Gasteiger partial charge in [0, 0.05) is 33.9 Å². The summed E-state index contributed by atoms with van der Waals surface area (Å²) in [7, 11) is 0. The number of thioether (sulfide) groups is 1. The van der Waals surface area contributed by atoms with Crippen molar-refractivity contribution in [2.75, 3.05) is 5.75 Å². The van der Waals surface area contributed by atoms with Gasteiger partial charge in [0.1, 0.15) is 6.04 Å². The summed E-state index contributed by atoms with van der Waals surface area (Å²) in [6, 6.07) is 23.9. The number of hydrogen-bond acceptors (Lipinski definition) is 3. The summed E-state index contributed by atoms with van der Waals surface area (Å²) < 4.78 is 0. The van der Waals surface area contributed by atoms with E-state index in [4.69, 9.17) is 23.2 Å². The van der Waals surface area contributed by atoms with E-state index in [2.05, 4.69) is 5.32 Å². The zero-order valence-corrected chi connectivity index (χ0v) is 22.2. The molecule has 1 N–H and O–H groups in total. The number of carbonyl (C=O) groups is 2. The Morgan fingerprint density at radius 3 is 2.26 bits per heavy atom. The molecule has 0 heterocycles. The van der Waals surface area contributed by atoms with Crippen LogP contribution >= 0.6 is 35.0 Å². The summed E-state index contributed by atoms with van der Waals surface area (Å²) in [5.41, 5.74) is 1.78. The van der Waals surface area contributed by atoms with E-state index in [1.165, 1.54) is 11.8 Å². The van der Waals surface area contributed by atoms with E-state index < -0.39 is 6.04 Å². The number of carbonyl (C=O) groups excluding carboxylic acids is 2. The standard InChI is InChI=1S/C28H30Cl2N2O2S/c1-3-20(2)31-28(34)26(17-21-9-5-4-6-10-21)32(18-22-11-7-8-12-25(22)30)27(33)19-35-24-15-13-23(29)14-16-24/h4-16,20,26H,3,17-19H2,1-2H3,(H,31,34). The van der Waals surface area contributed by atoms with E-state index in [0.29, 0.717) is 16.5 Å². The number of nitrogens with zero attached hydrogens (tertiary/aromatic N) is 1. The van der Waals surface area contributed by atoms with Crippen LogP contribution in [-0.2, 0) is 22.6 Å². The fourth-order valence-electron chi connectivity index (χ4n) is 3.56. The molecule has 184 valence electrons. The Balaban J connectivity index is 1.91. The van der Waals surface area contributed by atoms with Crippen molar-refractivity contribution >= 4 is 46.8 Å². The van der Waals surface area contributed by atoms with Crippen molar-refractivity contribution < 1.29 is 9.59 Å². The van der Waals surface area contributed by atoms with Crippen molar-refractivity contribution in [2.45, 2.75) is 50.2 Å². The molecule has 2 amide bonds. The molecule has 0 radical (unpaired) electrons. The molecule has 0 aliphatic carbocycles. The highest BCUT2D eigenvalue weighted by Gasteiger charge is 2.31. The topological polar surface area (TPSA) is 49.4 Å². The Morgan fingerprint density at radius 2 is 1.60 bits per heavy atom. The van der Waals surface area contributed by atoms with Crippen LogP contribution in [0.15, 0.2) is 83.8 Å². The lowest BCUT2D eigenvalue weighted by molar-refractivity contribution is -0.139. The molecule has 0 bridgehead atoms. The smallest absolute Gasteiger partial charge is 0.243 e. The monoisotopic (exact) mass is 528 g/mol. The molecule has 0 spiro atoms. The number of halogens is 2. The molecular formula is C28H30Cl2N2O2S. The molecule has 0 saturated heterocycles. The van der Waals surface area contributed by atoms with Crippen molar-refractivity contribution in [1.29, 1.82) is 0 Å². The Hall–Kier alpha value is -2.47. The van der Waals surface area contributed by atoms with Gasteiger partial charge in [-0.15, -0.1) is 11.8 Å². The van der Waals surface area contributed by atoms with E-state index in [0.717, 1.165) is 22.4 Å². The van der Waals surface area contributed by atoms with Crippen molar-refractivity contribution in [3.05, 3.63) is 100 Å². The van der Waals surface area contributed by atoms with Crippen LogP contribution in [0.3, 0.4) is 0 Å². The van der Waals surface area contributed by atoms with E-state index in [1.807, 2.05) is 74.5 Å². The van der Waals surface area contributed by atoms with Crippen LogP contribution in [0.25, 0.3) is 0 Å². The Labute approximate surface area is 222 Å². The molecule has 3 aromatic rings. The molecule has 2 unspecified atom stereocenters. The third-order valence-electron chi connectivity index (χ3n) is 5.75. The summed E-state index contributed by atoms with van der Waals surface area (Å²) in [4.78, 5) is 29.7. The van der Waals surface area contributed by atoms with E-state index in [9.17, 15) is 9.59 Å². The predicted molar refractivity (Wildman–Crippen MR) is 146 cm³/mol. The van der Waals surface area contributed by atoms with Crippen molar-refractivity contribution in [1.82, 2.24) is 10.2 Å². The van der Waals surface area contributed by atoms with Gasteiger partial charge < -0.3 is 10.2 Å². The van der Waals surface area contributed by atoms with Gasteiger partial charge in [0.05, 0.1) is 5.75 Å². The Kier molecular flexibility index (Phi) is 10.5. The van der Waals surface area contributed by atoms with Crippen LogP contribution in [0.5, 0.6) is 0 Å². The first-order valence-electron chi connectivity index (χ1n) is 11.6. The van der Waals surface area contributed by atoms with Gasteiger partial charge in [0.15, 0.2) is 0 Å². The van der Waals surface area contributed by atoms with Crippen molar-refractivity contribution in [3.63, 3.8) is 0 Å². The normalized spacial score (nSPS) is 12.6. The first-order valence-corrected chi connectivity index (χ1v) is 13.4. The van der Waals surface area contributed by atoms with Crippen LogP contribution in [0.2, 0.25) is 10.0 Å². The third-order valence-corrected chi connectivity index (χ3v) is 7.36. The molecule has 0 aliphatic heterocycles.